The van der Waals surface area contributed by atoms with Gasteiger partial charge in [0.15, 0.2) is 5.54 Å². The molecule has 8 heteroatoms. The van der Waals surface area contributed by atoms with E-state index >= 15 is 0 Å². The summed E-state index contributed by atoms with van der Waals surface area (Å²) in [6.45, 7) is 4.50. The Morgan fingerprint density at radius 1 is 1.16 bits per heavy atom. The molecule has 5 nitrogen and oxygen atoms in total. The number of hydrogen-bond donors (Lipinski definition) is 1. The fraction of sp³-hybridized carbons (Fsp3) is 0.818. The molecule has 19 heavy (non-hydrogen) atoms. The zero-order valence-electron chi connectivity index (χ0n) is 11.5. The number of halogens is 3. The summed E-state index contributed by atoms with van der Waals surface area (Å²) in [6.07, 6.45) is -4.86. The van der Waals surface area contributed by atoms with Crippen LogP contribution in [0.2, 0.25) is 0 Å². The highest BCUT2D eigenvalue weighted by atomic mass is 19.4. The summed E-state index contributed by atoms with van der Waals surface area (Å²) in [6, 6.07) is 0. The average molecular weight is 283 g/mol. The molecule has 0 aromatic carbocycles. The van der Waals surface area contributed by atoms with E-state index < -0.39 is 30.1 Å². The first-order valence-electron chi connectivity index (χ1n) is 5.87. The van der Waals surface area contributed by atoms with E-state index in [2.05, 4.69) is 0 Å². The average Bonchev–Trinajstić information content (AvgIpc) is 2.27. The minimum Gasteiger partial charge on any atom is -0.342 e. The molecule has 0 radical (unpaired) electrons. The predicted molar refractivity (Wildman–Crippen MR) is 64.2 cm³/mol. The Hall–Kier alpha value is -1.31. The van der Waals surface area contributed by atoms with Crippen molar-refractivity contribution in [1.29, 1.82) is 0 Å². The normalized spacial score (nSPS) is 14.7. The van der Waals surface area contributed by atoms with Gasteiger partial charge in [-0.05, 0) is 20.8 Å². The lowest BCUT2D eigenvalue weighted by atomic mass is 10.0. The quantitative estimate of drug-likeness (QED) is 0.803. The Bertz CT molecular complexity index is 339. The second-order valence-corrected chi connectivity index (χ2v) is 4.43. The zero-order valence-corrected chi connectivity index (χ0v) is 11.5. The maximum Gasteiger partial charge on any atom is 0.415 e. The molecule has 1 atom stereocenters. The van der Waals surface area contributed by atoms with Crippen molar-refractivity contribution < 1.29 is 22.8 Å². The van der Waals surface area contributed by atoms with E-state index in [1.54, 1.807) is 13.8 Å². The molecule has 112 valence electrons. The van der Waals surface area contributed by atoms with Crippen molar-refractivity contribution in [3.63, 3.8) is 0 Å². The minimum absolute atomic E-state index is 0.418. The number of hydrogen-bond acceptors (Lipinski definition) is 3. The summed E-state index contributed by atoms with van der Waals surface area (Å²) in [5.41, 5.74) is 2.02. The molecule has 0 aromatic rings. The largest absolute Gasteiger partial charge is 0.415 e. The highest BCUT2D eigenvalue weighted by Gasteiger charge is 2.55. The van der Waals surface area contributed by atoms with Crippen LogP contribution in [-0.2, 0) is 9.59 Å². The number of nitrogens with zero attached hydrogens (tertiary/aromatic N) is 2. The predicted octanol–water partition coefficient (Wildman–Crippen LogP) is 0.593. The van der Waals surface area contributed by atoms with E-state index in [0.717, 1.165) is 7.05 Å². The summed E-state index contributed by atoms with van der Waals surface area (Å²) in [5.74, 6) is -1.75. The zero-order chi connectivity index (χ0) is 15.4. The van der Waals surface area contributed by atoms with Crippen molar-refractivity contribution in [3.05, 3.63) is 0 Å². The number of amides is 2. The van der Waals surface area contributed by atoms with Gasteiger partial charge in [-0.25, -0.2) is 0 Å². The van der Waals surface area contributed by atoms with E-state index in [1.165, 1.54) is 4.90 Å². The highest BCUT2D eigenvalue weighted by molar-refractivity contribution is 5.90. The van der Waals surface area contributed by atoms with Crippen LogP contribution in [0.15, 0.2) is 0 Å². The molecule has 0 aliphatic carbocycles. The first-order chi connectivity index (χ1) is 8.48. The van der Waals surface area contributed by atoms with Gasteiger partial charge in [0.2, 0.25) is 5.91 Å². The van der Waals surface area contributed by atoms with Crippen molar-refractivity contribution in [3.8, 4) is 0 Å². The van der Waals surface area contributed by atoms with Crippen molar-refractivity contribution in [2.45, 2.75) is 32.5 Å². The second kappa shape index (κ2) is 6.23. The third-order valence-corrected chi connectivity index (χ3v) is 2.87. The third-order valence-electron chi connectivity index (χ3n) is 2.87. The number of carbonyl (C=O) groups is 2. The highest BCUT2D eigenvalue weighted by Crippen LogP contribution is 2.29. The van der Waals surface area contributed by atoms with Gasteiger partial charge in [-0.15, -0.1) is 0 Å². The Kier molecular flexibility index (Phi) is 5.80. The smallest absolute Gasteiger partial charge is 0.342 e. The fourth-order valence-corrected chi connectivity index (χ4v) is 1.47. The molecule has 0 spiro atoms. The first kappa shape index (κ1) is 17.7. The Morgan fingerprint density at radius 2 is 1.58 bits per heavy atom. The molecule has 0 saturated carbocycles. The lowest BCUT2D eigenvalue weighted by Crippen LogP contribution is -2.62. The van der Waals surface area contributed by atoms with Gasteiger partial charge in [0.05, 0.1) is 6.54 Å². The monoisotopic (exact) mass is 283 g/mol. The maximum absolute atomic E-state index is 12.6. The number of carbonyl (C=O) groups excluding carboxylic acids is 2. The van der Waals surface area contributed by atoms with Crippen LogP contribution in [0, 0.1) is 0 Å². The van der Waals surface area contributed by atoms with Crippen molar-refractivity contribution in [2.75, 3.05) is 26.7 Å². The van der Waals surface area contributed by atoms with Gasteiger partial charge in [-0.3, -0.25) is 9.59 Å². The summed E-state index contributed by atoms with van der Waals surface area (Å²) in [4.78, 5) is 25.5. The second-order valence-electron chi connectivity index (χ2n) is 4.43. The molecule has 1 unspecified atom stereocenters. The fourth-order valence-electron chi connectivity index (χ4n) is 1.47. The topological polar surface area (TPSA) is 66.6 Å². The van der Waals surface area contributed by atoms with Crippen LogP contribution in [0.25, 0.3) is 0 Å². The van der Waals surface area contributed by atoms with Gasteiger partial charge in [0, 0.05) is 20.1 Å². The van der Waals surface area contributed by atoms with Crippen molar-refractivity contribution in [2.24, 2.45) is 5.73 Å². The van der Waals surface area contributed by atoms with E-state index in [-0.39, 0.29) is 0 Å². The van der Waals surface area contributed by atoms with Crippen molar-refractivity contribution >= 4 is 11.8 Å². The third kappa shape index (κ3) is 4.09. The molecule has 0 fully saturated rings. The molecule has 0 aliphatic heterocycles. The van der Waals surface area contributed by atoms with E-state index in [1.807, 2.05) is 0 Å². The van der Waals surface area contributed by atoms with Crippen LogP contribution < -0.4 is 5.73 Å². The Morgan fingerprint density at radius 3 is 1.89 bits per heavy atom. The molecule has 0 aromatic heterocycles. The van der Waals surface area contributed by atoms with E-state index in [9.17, 15) is 22.8 Å². The number of likely N-dealkylation sites (N-methyl/N-ethyl adjacent to an activating group) is 2. The van der Waals surface area contributed by atoms with Crippen LogP contribution in [0.1, 0.15) is 20.8 Å². The molecule has 2 N–H and O–H groups in total. The number of alkyl halides is 3. The van der Waals surface area contributed by atoms with Gasteiger partial charge in [-0.1, -0.05) is 0 Å². The number of rotatable bonds is 5. The van der Waals surface area contributed by atoms with Crippen LogP contribution in [0.5, 0.6) is 0 Å². The van der Waals surface area contributed by atoms with E-state index in [4.69, 9.17) is 5.73 Å². The van der Waals surface area contributed by atoms with Gasteiger partial charge in [0.1, 0.15) is 0 Å². The van der Waals surface area contributed by atoms with Gasteiger partial charge < -0.3 is 15.5 Å². The summed E-state index contributed by atoms with van der Waals surface area (Å²) in [7, 11) is 1.13. The van der Waals surface area contributed by atoms with Crippen LogP contribution in [-0.4, -0.2) is 60.0 Å². The van der Waals surface area contributed by atoms with Gasteiger partial charge in [0.25, 0.3) is 5.91 Å². The lowest BCUT2D eigenvalue weighted by molar-refractivity contribution is -0.193. The minimum atomic E-state index is -4.86. The standard InChI is InChI=1S/C11H20F3N3O2/c1-5-17(6-2)8(18)7-16(4)9(19)10(3,15)11(12,13)14/h5-7,15H2,1-4H3. The molecule has 0 rings (SSSR count). The SMILES string of the molecule is CCN(CC)C(=O)CN(C)C(=O)C(C)(N)C(F)(F)F. The van der Waals surface area contributed by atoms with Crippen molar-refractivity contribution in [1.82, 2.24) is 9.80 Å². The molecular weight excluding hydrogens is 263 g/mol. The maximum atomic E-state index is 12.6. The Balaban J connectivity index is 4.81. The lowest BCUT2D eigenvalue weighted by Gasteiger charge is -2.31. The molecule has 0 heterocycles. The molecular formula is C11H20F3N3O2. The first-order valence-corrected chi connectivity index (χ1v) is 5.87. The number of nitrogens with two attached hydrogens (primary N) is 1. The van der Waals surface area contributed by atoms with Crippen LogP contribution >= 0.6 is 0 Å². The summed E-state index contributed by atoms with van der Waals surface area (Å²) in [5, 5.41) is 0. The van der Waals surface area contributed by atoms with Crippen LogP contribution in [0.4, 0.5) is 13.2 Å². The van der Waals surface area contributed by atoms with Gasteiger partial charge in [-0.2, -0.15) is 13.2 Å². The van der Waals surface area contributed by atoms with Crippen LogP contribution in [0.3, 0.4) is 0 Å². The Labute approximate surface area is 110 Å². The van der Waals surface area contributed by atoms with Gasteiger partial charge >= 0.3 is 6.18 Å². The molecule has 0 aliphatic rings. The van der Waals surface area contributed by atoms with E-state index in [0.29, 0.717) is 24.9 Å². The molecule has 0 saturated heterocycles. The summed E-state index contributed by atoms with van der Waals surface area (Å²) < 4.78 is 37.8. The molecule has 0 bridgehead atoms. The summed E-state index contributed by atoms with van der Waals surface area (Å²) >= 11 is 0. The molecule has 2 amide bonds.